The molecule has 0 unspecified atom stereocenters. The van der Waals surface area contributed by atoms with Crippen LogP contribution in [-0.2, 0) is 33.8 Å². The summed E-state index contributed by atoms with van der Waals surface area (Å²) < 4.78 is 6.96. The molecule has 3 aromatic rings. The molecule has 3 heterocycles. The number of fused-ring (bicyclic) bond motifs is 3. The van der Waals surface area contributed by atoms with Crippen LogP contribution in [-0.4, -0.2) is 39.0 Å². The maximum absolute atomic E-state index is 13.2. The normalized spacial score (nSPS) is 14.9. The lowest BCUT2D eigenvalue weighted by molar-refractivity contribution is -0.141. The van der Waals surface area contributed by atoms with Crippen molar-refractivity contribution in [1.29, 1.82) is 0 Å². The Labute approximate surface area is 189 Å². The van der Waals surface area contributed by atoms with Crippen molar-refractivity contribution in [2.45, 2.75) is 64.6 Å². The second-order valence-corrected chi connectivity index (χ2v) is 9.12. The molecule has 6 heteroatoms. The lowest BCUT2D eigenvalue weighted by atomic mass is 9.87. The lowest BCUT2D eigenvalue weighted by Crippen LogP contribution is -2.51. The van der Waals surface area contributed by atoms with E-state index in [1.807, 2.05) is 35.4 Å². The Balaban J connectivity index is 1.61. The molecule has 1 aliphatic heterocycles. The number of carbonyl (C=O) groups is 2. The number of carbonyl (C=O) groups excluding carboxylic acids is 2. The van der Waals surface area contributed by atoms with Gasteiger partial charge in [-0.3, -0.25) is 9.59 Å². The molecule has 0 bridgehead atoms. The number of ether oxygens (including phenoxy) is 1. The Morgan fingerprint density at radius 1 is 1.06 bits per heavy atom. The Bertz CT molecular complexity index is 1120. The fraction of sp³-hybridized carbons (Fsp3) is 0.423. The number of amides is 1. The lowest BCUT2D eigenvalue weighted by Gasteiger charge is -2.43. The molecule has 1 aromatic carbocycles. The largest absolute Gasteiger partial charge is 0.469 e. The summed E-state index contributed by atoms with van der Waals surface area (Å²) in [6.45, 7) is 5.57. The number of hydrogen-bond donors (Lipinski definition) is 0. The highest BCUT2D eigenvalue weighted by Gasteiger charge is 2.38. The Hall–Kier alpha value is -3.15. The van der Waals surface area contributed by atoms with Crippen LogP contribution < -0.4 is 0 Å². The van der Waals surface area contributed by atoms with Gasteiger partial charge in [0.1, 0.15) is 5.65 Å². The number of hydrogen-bond acceptors (Lipinski definition) is 4. The van der Waals surface area contributed by atoms with Gasteiger partial charge in [0.25, 0.3) is 0 Å². The standard InChI is InChI=1S/C26H31N3O3/c1-26(2)16-21-20-12-9-15-27-25(20)28(17-19-10-5-4-6-11-19)22(21)18-29(26)23(30)13-7-8-14-24(31)32-3/h4-6,9-12,15H,7-8,13-14,16-18H2,1-3H3. The summed E-state index contributed by atoms with van der Waals surface area (Å²) in [5.74, 6) is -0.0895. The van der Waals surface area contributed by atoms with Crippen LogP contribution in [0.25, 0.3) is 11.0 Å². The van der Waals surface area contributed by atoms with Gasteiger partial charge < -0.3 is 14.2 Å². The third-order valence-corrected chi connectivity index (χ3v) is 6.42. The number of rotatable bonds is 7. The van der Waals surface area contributed by atoms with E-state index in [-0.39, 0.29) is 17.4 Å². The van der Waals surface area contributed by atoms with Gasteiger partial charge in [-0.05, 0) is 56.4 Å². The second-order valence-electron chi connectivity index (χ2n) is 9.12. The molecule has 0 atom stereocenters. The van der Waals surface area contributed by atoms with E-state index < -0.39 is 0 Å². The van der Waals surface area contributed by atoms with Crippen LogP contribution in [0.4, 0.5) is 0 Å². The van der Waals surface area contributed by atoms with Gasteiger partial charge in [0.05, 0.1) is 13.7 Å². The van der Waals surface area contributed by atoms with E-state index in [1.54, 1.807) is 0 Å². The highest BCUT2D eigenvalue weighted by molar-refractivity contribution is 5.84. The summed E-state index contributed by atoms with van der Waals surface area (Å²) >= 11 is 0. The molecule has 6 nitrogen and oxygen atoms in total. The topological polar surface area (TPSA) is 64.4 Å². The minimum Gasteiger partial charge on any atom is -0.469 e. The summed E-state index contributed by atoms with van der Waals surface area (Å²) in [5, 5.41) is 1.18. The first-order valence-electron chi connectivity index (χ1n) is 11.3. The molecule has 4 rings (SSSR count). The van der Waals surface area contributed by atoms with Gasteiger partial charge in [0.15, 0.2) is 0 Å². The first-order chi connectivity index (χ1) is 15.4. The van der Waals surface area contributed by atoms with E-state index >= 15 is 0 Å². The van der Waals surface area contributed by atoms with Gasteiger partial charge in [0.2, 0.25) is 5.91 Å². The fourth-order valence-electron chi connectivity index (χ4n) is 4.71. The molecule has 32 heavy (non-hydrogen) atoms. The van der Waals surface area contributed by atoms with Crippen LogP contribution in [0.3, 0.4) is 0 Å². The van der Waals surface area contributed by atoms with Crippen molar-refractivity contribution in [2.24, 2.45) is 0 Å². The second kappa shape index (κ2) is 9.15. The van der Waals surface area contributed by atoms with Crippen LogP contribution in [0, 0.1) is 0 Å². The molecule has 1 aliphatic rings. The molecular formula is C26H31N3O3. The van der Waals surface area contributed by atoms with Crippen molar-refractivity contribution < 1.29 is 14.3 Å². The van der Waals surface area contributed by atoms with Crippen molar-refractivity contribution in [2.75, 3.05) is 7.11 Å². The predicted molar refractivity (Wildman–Crippen MR) is 124 cm³/mol. The number of benzene rings is 1. The van der Waals surface area contributed by atoms with Crippen LogP contribution in [0.5, 0.6) is 0 Å². The minimum atomic E-state index is -0.284. The van der Waals surface area contributed by atoms with Crippen molar-refractivity contribution >= 4 is 22.9 Å². The Morgan fingerprint density at radius 3 is 2.56 bits per heavy atom. The smallest absolute Gasteiger partial charge is 0.305 e. The average molecular weight is 434 g/mol. The van der Waals surface area contributed by atoms with Crippen LogP contribution in [0.15, 0.2) is 48.7 Å². The summed E-state index contributed by atoms with van der Waals surface area (Å²) in [6.07, 6.45) is 4.77. The van der Waals surface area contributed by atoms with Crippen molar-refractivity contribution in [3.63, 3.8) is 0 Å². The number of pyridine rings is 1. The van der Waals surface area contributed by atoms with Crippen LogP contribution in [0.2, 0.25) is 0 Å². The zero-order valence-corrected chi connectivity index (χ0v) is 19.1. The highest BCUT2D eigenvalue weighted by atomic mass is 16.5. The van der Waals surface area contributed by atoms with E-state index in [0.29, 0.717) is 32.2 Å². The molecule has 0 aliphatic carbocycles. The van der Waals surface area contributed by atoms with Crippen LogP contribution >= 0.6 is 0 Å². The van der Waals surface area contributed by atoms with Gasteiger partial charge in [-0.1, -0.05) is 30.3 Å². The van der Waals surface area contributed by atoms with Gasteiger partial charge in [0, 0.05) is 42.2 Å². The van der Waals surface area contributed by atoms with Crippen LogP contribution in [0.1, 0.15) is 56.4 Å². The Morgan fingerprint density at radius 2 is 1.81 bits per heavy atom. The van der Waals surface area contributed by atoms with Crippen molar-refractivity contribution in [3.8, 4) is 0 Å². The minimum absolute atomic E-state index is 0.134. The van der Waals surface area contributed by atoms with Crippen molar-refractivity contribution in [1.82, 2.24) is 14.5 Å². The first-order valence-corrected chi connectivity index (χ1v) is 11.3. The number of unbranched alkanes of at least 4 members (excludes halogenated alkanes) is 1. The van der Waals surface area contributed by atoms with E-state index in [9.17, 15) is 9.59 Å². The molecule has 0 spiro atoms. The molecule has 0 saturated heterocycles. The summed E-state index contributed by atoms with van der Waals surface area (Å²) in [7, 11) is 1.39. The number of aromatic nitrogens is 2. The van der Waals surface area contributed by atoms with Gasteiger partial charge in [-0.25, -0.2) is 4.98 Å². The van der Waals surface area contributed by atoms with Gasteiger partial charge >= 0.3 is 5.97 Å². The third-order valence-electron chi connectivity index (χ3n) is 6.42. The van der Waals surface area contributed by atoms with Gasteiger partial charge in [-0.15, -0.1) is 0 Å². The molecule has 1 amide bonds. The monoisotopic (exact) mass is 433 g/mol. The summed E-state index contributed by atoms with van der Waals surface area (Å²) in [6, 6.07) is 14.5. The molecule has 0 saturated carbocycles. The molecule has 0 radical (unpaired) electrons. The number of nitrogens with zero attached hydrogens (tertiary/aromatic N) is 3. The third kappa shape index (κ3) is 4.40. The Kier molecular flexibility index (Phi) is 6.31. The predicted octanol–water partition coefficient (Wildman–Crippen LogP) is 4.48. The molecule has 0 N–H and O–H groups in total. The van der Waals surface area contributed by atoms with Gasteiger partial charge in [-0.2, -0.15) is 0 Å². The van der Waals surface area contributed by atoms with E-state index in [4.69, 9.17) is 9.72 Å². The zero-order chi connectivity index (χ0) is 22.7. The molecule has 2 aromatic heterocycles. The zero-order valence-electron chi connectivity index (χ0n) is 19.1. The molecular weight excluding hydrogens is 402 g/mol. The number of esters is 1. The first kappa shape index (κ1) is 22.1. The summed E-state index contributed by atoms with van der Waals surface area (Å²) in [4.78, 5) is 31.3. The maximum atomic E-state index is 13.2. The highest BCUT2D eigenvalue weighted by Crippen LogP contribution is 2.37. The van der Waals surface area contributed by atoms with E-state index in [2.05, 4.69) is 36.6 Å². The SMILES string of the molecule is COC(=O)CCCCC(=O)N1Cc2c(c3cccnc3n2Cc2ccccc2)CC1(C)C. The molecule has 0 fully saturated rings. The van der Waals surface area contributed by atoms with E-state index in [1.165, 1.54) is 29.3 Å². The number of methoxy groups -OCH3 is 1. The fourth-order valence-corrected chi connectivity index (χ4v) is 4.71. The average Bonchev–Trinajstić information content (AvgIpc) is 3.08. The van der Waals surface area contributed by atoms with Crippen molar-refractivity contribution in [3.05, 3.63) is 65.5 Å². The quantitative estimate of drug-likeness (QED) is 0.407. The maximum Gasteiger partial charge on any atom is 0.305 e. The molecule has 168 valence electrons. The summed E-state index contributed by atoms with van der Waals surface area (Å²) in [5.41, 5.74) is 4.37. The van der Waals surface area contributed by atoms with E-state index in [0.717, 1.165) is 18.6 Å².